The SMILES string of the molecule is CC(C)(C)OC(=O)N1CCC[C@H](CS(=O)(=O)c2ccnc(Cl)n2)C1. The van der Waals surface area contributed by atoms with E-state index in [1.54, 1.807) is 25.7 Å². The van der Waals surface area contributed by atoms with Crippen molar-refractivity contribution >= 4 is 27.5 Å². The lowest BCUT2D eigenvalue weighted by atomic mass is 10.0. The number of sulfone groups is 1. The molecule has 2 heterocycles. The molecule has 0 saturated carbocycles. The van der Waals surface area contributed by atoms with Gasteiger partial charge in [0.15, 0.2) is 14.9 Å². The number of aromatic nitrogens is 2. The summed E-state index contributed by atoms with van der Waals surface area (Å²) in [5, 5.41) is -0.188. The summed E-state index contributed by atoms with van der Waals surface area (Å²) in [5.74, 6) is -0.246. The Morgan fingerprint density at radius 3 is 2.79 bits per heavy atom. The van der Waals surface area contributed by atoms with Crippen LogP contribution in [0.4, 0.5) is 4.79 Å². The zero-order valence-electron chi connectivity index (χ0n) is 14.0. The summed E-state index contributed by atoms with van der Waals surface area (Å²) < 4.78 is 30.3. The summed E-state index contributed by atoms with van der Waals surface area (Å²) in [7, 11) is -3.58. The minimum absolute atomic E-state index is 0.0837. The topological polar surface area (TPSA) is 89.5 Å². The highest BCUT2D eigenvalue weighted by atomic mass is 35.5. The number of halogens is 1. The van der Waals surface area contributed by atoms with Crippen LogP contribution < -0.4 is 0 Å². The largest absolute Gasteiger partial charge is 0.444 e. The van der Waals surface area contributed by atoms with Crippen LogP contribution in [-0.4, -0.2) is 53.8 Å². The van der Waals surface area contributed by atoms with Gasteiger partial charge in [-0.2, -0.15) is 0 Å². The second kappa shape index (κ2) is 7.23. The number of hydrogen-bond donors (Lipinski definition) is 0. The van der Waals surface area contributed by atoms with Gasteiger partial charge in [-0.15, -0.1) is 0 Å². The average molecular weight is 376 g/mol. The molecule has 1 amide bonds. The second-order valence-electron chi connectivity index (χ2n) is 6.88. The third-order valence-corrected chi connectivity index (χ3v) is 5.50. The highest BCUT2D eigenvalue weighted by Crippen LogP contribution is 2.23. The van der Waals surface area contributed by atoms with E-state index < -0.39 is 21.5 Å². The number of carbonyl (C=O) groups is 1. The van der Waals surface area contributed by atoms with E-state index in [9.17, 15) is 13.2 Å². The maximum Gasteiger partial charge on any atom is 0.410 e. The number of nitrogens with zero attached hydrogens (tertiary/aromatic N) is 3. The van der Waals surface area contributed by atoms with Crippen molar-refractivity contribution < 1.29 is 17.9 Å². The molecule has 0 aliphatic carbocycles. The summed E-state index contributed by atoms with van der Waals surface area (Å²) in [4.78, 5) is 21.2. The van der Waals surface area contributed by atoms with Gasteiger partial charge in [0.2, 0.25) is 5.28 Å². The van der Waals surface area contributed by atoms with E-state index in [1.807, 2.05) is 0 Å². The molecule has 134 valence electrons. The maximum atomic E-state index is 12.5. The number of ether oxygens (including phenoxy) is 1. The van der Waals surface area contributed by atoms with Crippen LogP contribution in [0.3, 0.4) is 0 Å². The Morgan fingerprint density at radius 1 is 1.46 bits per heavy atom. The van der Waals surface area contributed by atoms with Crippen LogP contribution in [0.15, 0.2) is 17.3 Å². The molecule has 1 aromatic heterocycles. The van der Waals surface area contributed by atoms with Gasteiger partial charge < -0.3 is 9.64 Å². The third-order valence-electron chi connectivity index (χ3n) is 3.55. The van der Waals surface area contributed by atoms with E-state index in [0.29, 0.717) is 13.1 Å². The number of piperidine rings is 1. The first-order valence-corrected chi connectivity index (χ1v) is 9.79. The van der Waals surface area contributed by atoms with Crippen molar-refractivity contribution in [2.24, 2.45) is 5.92 Å². The fraction of sp³-hybridized carbons (Fsp3) is 0.667. The Bertz CT molecular complexity index is 703. The van der Waals surface area contributed by atoms with Gasteiger partial charge in [0.25, 0.3) is 0 Å². The van der Waals surface area contributed by atoms with Crippen LogP contribution in [0.25, 0.3) is 0 Å². The molecule has 0 aromatic carbocycles. The summed E-state index contributed by atoms with van der Waals surface area (Å²) in [6.07, 6.45) is 2.38. The van der Waals surface area contributed by atoms with Crippen molar-refractivity contribution in [1.29, 1.82) is 0 Å². The predicted octanol–water partition coefficient (Wildman–Crippen LogP) is 2.55. The minimum atomic E-state index is -3.58. The Morgan fingerprint density at radius 2 is 2.17 bits per heavy atom. The van der Waals surface area contributed by atoms with E-state index >= 15 is 0 Å². The second-order valence-corrected chi connectivity index (χ2v) is 9.20. The van der Waals surface area contributed by atoms with Crippen molar-refractivity contribution in [3.8, 4) is 0 Å². The lowest BCUT2D eigenvalue weighted by molar-refractivity contribution is 0.0176. The summed E-state index contributed by atoms with van der Waals surface area (Å²) >= 11 is 5.66. The van der Waals surface area contributed by atoms with Gasteiger partial charge in [0, 0.05) is 19.3 Å². The molecule has 1 saturated heterocycles. The molecule has 1 aliphatic heterocycles. The number of hydrogen-bond acceptors (Lipinski definition) is 6. The normalized spacial score (nSPS) is 19.2. The quantitative estimate of drug-likeness (QED) is 0.595. The first-order chi connectivity index (χ1) is 11.1. The first-order valence-electron chi connectivity index (χ1n) is 7.76. The van der Waals surface area contributed by atoms with Gasteiger partial charge >= 0.3 is 6.09 Å². The fourth-order valence-corrected chi connectivity index (χ4v) is 4.34. The Labute approximate surface area is 147 Å². The van der Waals surface area contributed by atoms with Crippen LogP contribution in [0.2, 0.25) is 5.28 Å². The lowest BCUT2D eigenvalue weighted by Gasteiger charge is -2.33. The summed E-state index contributed by atoms with van der Waals surface area (Å²) in [6, 6.07) is 1.33. The molecule has 2 rings (SSSR count). The fourth-order valence-electron chi connectivity index (χ4n) is 2.58. The maximum absolute atomic E-state index is 12.5. The van der Waals surface area contributed by atoms with Crippen molar-refractivity contribution in [3.05, 3.63) is 17.5 Å². The lowest BCUT2D eigenvalue weighted by Crippen LogP contribution is -2.44. The molecule has 0 spiro atoms. The number of likely N-dealkylation sites (tertiary alicyclic amines) is 1. The Hall–Kier alpha value is -1.41. The van der Waals surface area contributed by atoms with E-state index in [4.69, 9.17) is 16.3 Å². The smallest absolute Gasteiger partial charge is 0.410 e. The van der Waals surface area contributed by atoms with Crippen molar-refractivity contribution in [2.45, 2.75) is 44.2 Å². The molecule has 1 aromatic rings. The molecule has 9 heteroatoms. The van der Waals surface area contributed by atoms with E-state index in [1.165, 1.54) is 12.3 Å². The molecule has 0 unspecified atom stereocenters. The number of rotatable bonds is 3. The van der Waals surface area contributed by atoms with Crippen LogP contribution >= 0.6 is 11.6 Å². The van der Waals surface area contributed by atoms with Crippen molar-refractivity contribution in [3.63, 3.8) is 0 Å². The molecular weight excluding hydrogens is 354 g/mol. The van der Waals surface area contributed by atoms with Gasteiger partial charge in [-0.3, -0.25) is 0 Å². The first kappa shape index (κ1) is 18.9. The van der Waals surface area contributed by atoms with Crippen LogP contribution in [0.1, 0.15) is 33.6 Å². The van der Waals surface area contributed by atoms with Crippen LogP contribution in [0, 0.1) is 5.92 Å². The van der Waals surface area contributed by atoms with Gasteiger partial charge in [-0.05, 0) is 57.2 Å². The van der Waals surface area contributed by atoms with Crippen LogP contribution in [0.5, 0.6) is 0 Å². The average Bonchev–Trinajstić information content (AvgIpc) is 2.45. The molecular formula is C15H22ClN3O4S. The van der Waals surface area contributed by atoms with Gasteiger partial charge in [0.05, 0.1) is 5.75 Å². The highest BCUT2D eigenvalue weighted by Gasteiger charge is 2.31. The molecule has 1 aliphatic rings. The molecule has 24 heavy (non-hydrogen) atoms. The molecule has 7 nitrogen and oxygen atoms in total. The summed E-state index contributed by atoms with van der Waals surface area (Å²) in [5.41, 5.74) is -0.576. The Balaban J connectivity index is 2.03. The summed E-state index contributed by atoms with van der Waals surface area (Å²) in [6.45, 7) is 6.33. The van der Waals surface area contributed by atoms with Gasteiger partial charge in [-0.25, -0.2) is 23.2 Å². The molecule has 1 atom stereocenters. The van der Waals surface area contributed by atoms with E-state index in [2.05, 4.69) is 9.97 Å². The third kappa shape index (κ3) is 5.31. The Kier molecular flexibility index (Phi) is 5.70. The van der Waals surface area contributed by atoms with E-state index in [0.717, 1.165) is 12.8 Å². The molecule has 1 fully saturated rings. The number of amides is 1. The van der Waals surface area contributed by atoms with Crippen LogP contribution in [-0.2, 0) is 14.6 Å². The van der Waals surface area contributed by atoms with Gasteiger partial charge in [-0.1, -0.05) is 0 Å². The van der Waals surface area contributed by atoms with Crippen molar-refractivity contribution in [2.75, 3.05) is 18.8 Å². The highest BCUT2D eigenvalue weighted by molar-refractivity contribution is 7.91. The monoisotopic (exact) mass is 375 g/mol. The predicted molar refractivity (Wildman–Crippen MR) is 89.6 cm³/mol. The zero-order chi connectivity index (χ0) is 18.0. The zero-order valence-corrected chi connectivity index (χ0v) is 15.6. The standard InChI is InChI=1S/C15H22ClN3O4S/c1-15(2,3)23-14(20)19-8-4-5-11(9-19)10-24(21,22)12-6-7-17-13(16)18-12/h6-7,11H,4-5,8-10H2,1-3H3/t11-/m0/s1. The minimum Gasteiger partial charge on any atom is -0.444 e. The molecule has 0 bridgehead atoms. The molecule has 0 radical (unpaired) electrons. The van der Waals surface area contributed by atoms with Gasteiger partial charge in [0.1, 0.15) is 5.60 Å². The van der Waals surface area contributed by atoms with Crippen molar-refractivity contribution in [1.82, 2.24) is 14.9 Å². The number of carbonyl (C=O) groups excluding carboxylic acids is 1. The van der Waals surface area contributed by atoms with E-state index in [-0.39, 0.29) is 22.0 Å². The molecule has 0 N–H and O–H groups in total.